The van der Waals surface area contributed by atoms with E-state index in [2.05, 4.69) is 30.5 Å². The number of carbonyl (C=O) groups excluding carboxylic acids is 2. The maximum Gasteiger partial charge on any atom is 0.284 e. The van der Waals surface area contributed by atoms with Gasteiger partial charge in [-0.2, -0.15) is 10.2 Å². The fraction of sp³-hybridized carbons (Fsp3) is 0.435. The first kappa shape index (κ1) is 24.0. The van der Waals surface area contributed by atoms with Gasteiger partial charge in [0, 0.05) is 44.6 Å². The number of aromatic amines is 1. The van der Waals surface area contributed by atoms with E-state index in [0.29, 0.717) is 43.6 Å². The van der Waals surface area contributed by atoms with Crippen molar-refractivity contribution in [1.82, 2.24) is 34.8 Å². The molecule has 0 radical (unpaired) electrons. The molecule has 2 saturated heterocycles. The van der Waals surface area contributed by atoms with Crippen molar-refractivity contribution >= 4 is 17.5 Å². The van der Waals surface area contributed by atoms with Gasteiger partial charge in [0.2, 0.25) is 5.91 Å². The normalized spacial score (nSPS) is 17.4. The number of carbonyl (C=O) groups is 2. The van der Waals surface area contributed by atoms with Gasteiger partial charge in [-0.15, -0.1) is 0 Å². The largest absolute Gasteiger partial charge is 0.387 e. The van der Waals surface area contributed by atoms with Gasteiger partial charge in [0.05, 0.1) is 23.1 Å². The highest BCUT2D eigenvalue weighted by Crippen LogP contribution is 2.32. The van der Waals surface area contributed by atoms with Gasteiger partial charge in [0.15, 0.2) is 5.69 Å². The van der Waals surface area contributed by atoms with E-state index in [9.17, 15) is 18.4 Å². The average Bonchev–Trinajstić information content (AvgIpc) is 3.54. The minimum Gasteiger partial charge on any atom is -0.387 e. The Morgan fingerprint density at radius 3 is 2.61 bits per heavy atom. The summed E-state index contributed by atoms with van der Waals surface area (Å²) in [6, 6.07) is 6.79. The number of hydrogen-bond donors (Lipinski definition) is 3. The number of likely N-dealkylation sites (tertiary alicyclic amines) is 2. The maximum atomic E-state index is 13.7. The first-order chi connectivity index (χ1) is 17.4. The summed E-state index contributed by atoms with van der Waals surface area (Å²) in [5, 5.41) is 22.3. The third kappa shape index (κ3) is 4.84. The second-order valence-corrected chi connectivity index (χ2v) is 8.92. The van der Waals surface area contributed by atoms with Gasteiger partial charge >= 0.3 is 0 Å². The van der Waals surface area contributed by atoms with Gasteiger partial charge in [-0.05, 0) is 31.0 Å². The Labute approximate surface area is 205 Å². The van der Waals surface area contributed by atoms with E-state index in [1.54, 1.807) is 29.3 Å². The van der Waals surface area contributed by atoms with Crippen LogP contribution in [0, 0.1) is 0 Å². The van der Waals surface area contributed by atoms with Crippen LogP contribution in [0.5, 0.6) is 0 Å². The van der Waals surface area contributed by atoms with Crippen molar-refractivity contribution in [3.63, 3.8) is 0 Å². The molecular formula is C23H26F2N8O3. The Bertz CT molecular complexity index is 1220. The number of anilines is 1. The van der Waals surface area contributed by atoms with Crippen LogP contribution in [0.2, 0.25) is 0 Å². The Morgan fingerprint density at radius 1 is 1.17 bits per heavy atom. The molecule has 5 heterocycles. The Morgan fingerprint density at radius 2 is 1.94 bits per heavy atom. The third-order valence-electron chi connectivity index (χ3n) is 6.71. The van der Waals surface area contributed by atoms with Crippen LogP contribution in [-0.4, -0.2) is 90.5 Å². The molecule has 190 valence electrons. The molecule has 3 N–H and O–H groups in total. The number of amides is 2. The molecule has 0 aromatic carbocycles. The number of hydrogen-bond acceptors (Lipinski definition) is 7. The van der Waals surface area contributed by atoms with Crippen molar-refractivity contribution in [3.8, 4) is 11.4 Å². The predicted molar refractivity (Wildman–Crippen MR) is 124 cm³/mol. The lowest BCUT2D eigenvalue weighted by molar-refractivity contribution is -0.136. The molecular weight excluding hydrogens is 474 g/mol. The second-order valence-electron chi connectivity index (χ2n) is 8.92. The summed E-state index contributed by atoms with van der Waals surface area (Å²) in [5.41, 5.74) is 0.688. The van der Waals surface area contributed by atoms with Crippen LogP contribution in [0.15, 0.2) is 36.7 Å². The topological polar surface area (TPSA) is 132 Å². The first-order valence-electron chi connectivity index (χ1n) is 11.7. The summed E-state index contributed by atoms with van der Waals surface area (Å²) in [5.74, 6) is -0.874. The molecule has 0 unspecified atom stereocenters. The molecule has 0 spiro atoms. The van der Waals surface area contributed by atoms with E-state index in [4.69, 9.17) is 5.11 Å². The number of rotatable bonds is 7. The van der Waals surface area contributed by atoms with Crippen molar-refractivity contribution in [3.05, 3.63) is 48.0 Å². The summed E-state index contributed by atoms with van der Waals surface area (Å²) in [7, 11) is 0. The van der Waals surface area contributed by atoms with Crippen molar-refractivity contribution < 1.29 is 23.5 Å². The fourth-order valence-corrected chi connectivity index (χ4v) is 4.68. The van der Waals surface area contributed by atoms with Crippen LogP contribution in [0.3, 0.4) is 0 Å². The lowest BCUT2D eigenvalue weighted by Gasteiger charge is -2.47. The molecule has 13 heteroatoms. The highest BCUT2D eigenvalue weighted by Gasteiger charge is 2.37. The first-order valence-corrected chi connectivity index (χ1v) is 11.7. The van der Waals surface area contributed by atoms with Crippen LogP contribution in [0.4, 0.5) is 14.5 Å². The van der Waals surface area contributed by atoms with E-state index >= 15 is 0 Å². The van der Waals surface area contributed by atoms with Gasteiger partial charge in [-0.1, -0.05) is 6.07 Å². The molecule has 2 amide bonds. The predicted octanol–water partition coefficient (Wildman–Crippen LogP) is 1.70. The van der Waals surface area contributed by atoms with Crippen molar-refractivity contribution in [2.24, 2.45) is 0 Å². The standard InChI is InChI=1S/C23H26F2N8O3/c24-22(25)21-19(28-23(36)18-3-1-2-16(27-18)17-4-7-26-29-17)12-33(30-21)15-10-32(11-15)14-5-8-31(9-6-14)20(35)13-34/h1-4,7,12,14-15,22,34H,5-6,8-11,13H2,(H,26,29)(H,28,36). The number of alkyl halides is 2. The molecule has 2 aliphatic rings. The number of nitrogens with one attached hydrogen (secondary N) is 2. The number of halogens is 2. The van der Waals surface area contributed by atoms with E-state index in [-0.39, 0.29) is 23.3 Å². The Balaban J connectivity index is 1.22. The van der Waals surface area contributed by atoms with Crippen LogP contribution >= 0.6 is 0 Å². The third-order valence-corrected chi connectivity index (χ3v) is 6.71. The molecule has 0 bridgehead atoms. The number of piperidine rings is 1. The average molecular weight is 501 g/mol. The SMILES string of the molecule is O=C(Nc1cn(C2CN(C3CCN(C(=O)CO)CC3)C2)nc1C(F)F)c1cccc(-c2ccn[nH]2)n1. The molecule has 0 atom stereocenters. The number of aliphatic hydroxyl groups excluding tert-OH is 1. The van der Waals surface area contributed by atoms with Crippen LogP contribution in [0.25, 0.3) is 11.4 Å². The zero-order chi connectivity index (χ0) is 25.2. The number of aromatic nitrogens is 5. The van der Waals surface area contributed by atoms with Crippen molar-refractivity contribution in [2.45, 2.75) is 31.4 Å². The van der Waals surface area contributed by atoms with Gasteiger partial charge in [-0.25, -0.2) is 13.8 Å². The van der Waals surface area contributed by atoms with Crippen LogP contribution in [-0.2, 0) is 4.79 Å². The second kappa shape index (κ2) is 10.1. The van der Waals surface area contributed by atoms with E-state index < -0.39 is 24.6 Å². The van der Waals surface area contributed by atoms with Gasteiger partial charge in [0.25, 0.3) is 12.3 Å². The molecule has 3 aromatic heterocycles. The van der Waals surface area contributed by atoms with Crippen LogP contribution in [0.1, 0.15) is 41.5 Å². The summed E-state index contributed by atoms with van der Waals surface area (Å²) in [6.45, 7) is 1.99. The van der Waals surface area contributed by atoms with E-state index in [0.717, 1.165) is 12.8 Å². The molecule has 0 aliphatic carbocycles. The Hall–Kier alpha value is -3.71. The molecule has 2 fully saturated rings. The minimum absolute atomic E-state index is 0.0435. The molecule has 36 heavy (non-hydrogen) atoms. The Kier molecular flexibility index (Phi) is 6.74. The van der Waals surface area contributed by atoms with Gasteiger partial charge in [0.1, 0.15) is 12.3 Å². The summed E-state index contributed by atoms with van der Waals surface area (Å²) < 4.78 is 28.9. The number of aliphatic hydroxyl groups is 1. The molecule has 0 saturated carbocycles. The lowest BCUT2D eigenvalue weighted by Crippen LogP contribution is -2.56. The zero-order valence-electron chi connectivity index (χ0n) is 19.3. The fourth-order valence-electron chi connectivity index (χ4n) is 4.68. The summed E-state index contributed by atoms with van der Waals surface area (Å²) >= 11 is 0. The van der Waals surface area contributed by atoms with Crippen molar-refractivity contribution in [1.29, 1.82) is 0 Å². The monoisotopic (exact) mass is 500 g/mol. The van der Waals surface area contributed by atoms with Gasteiger partial charge < -0.3 is 15.3 Å². The lowest BCUT2D eigenvalue weighted by atomic mass is 9.97. The quantitative estimate of drug-likeness (QED) is 0.450. The molecule has 2 aliphatic heterocycles. The van der Waals surface area contributed by atoms with Gasteiger partial charge in [-0.3, -0.25) is 24.3 Å². The molecule has 11 nitrogen and oxygen atoms in total. The molecule has 5 rings (SSSR count). The number of pyridine rings is 1. The summed E-state index contributed by atoms with van der Waals surface area (Å²) in [4.78, 5) is 32.6. The molecule has 3 aromatic rings. The summed E-state index contributed by atoms with van der Waals surface area (Å²) in [6.07, 6.45) is 1.76. The zero-order valence-corrected chi connectivity index (χ0v) is 19.3. The van der Waals surface area contributed by atoms with E-state index in [1.807, 2.05) is 0 Å². The smallest absolute Gasteiger partial charge is 0.284 e. The number of nitrogens with zero attached hydrogens (tertiary/aromatic N) is 6. The number of H-pyrrole nitrogens is 1. The van der Waals surface area contributed by atoms with E-state index in [1.165, 1.54) is 16.9 Å². The highest BCUT2D eigenvalue weighted by atomic mass is 19.3. The highest BCUT2D eigenvalue weighted by molar-refractivity contribution is 6.03. The maximum absolute atomic E-state index is 13.7. The van der Waals surface area contributed by atoms with Crippen molar-refractivity contribution in [2.75, 3.05) is 38.1 Å². The van der Waals surface area contributed by atoms with Crippen LogP contribution < -0.4 is 5.32 Å². The minimum atomic E-state index is -2.85.